The molecule has 0 bridgehead atoms. The van der Waals surface area contributed by atoms with Crippen LogP contribution in [0.15, 0.2) is 39.8 Å². The summed E-state index contributed by atoms with van der Waals surface area (Å²) in [6.45, 7) is 6.35. The number of anilines is 1. The molecule has 0 unspecified atom stereocenters. The third-order valence-corrected chi connectivity index (χ3v) is 6.14. The molecule has 1 amide bonds. The molecule has 10 heteroatoms. The topological polar surface area (TPSA) is 128 Å². The first-order valence-electron chi connectivity index (χ1n) is 8.48. The summed E-state index contributed by atoms with van der Waals surface area (Å²) in [5.74, 6) is -0.210. The Labute approximate surface area is 163 Å². The van der Waals surface area contributed by atoms with Gasteiger partial charge in [0.2, 0.25) is 5.91 Å². The van der Waals surface area contributed by atoms with E-state index in [9.17, 15) is 13.2 Å². The zero-order chi connectivity index (χ0) is 20.5. The molecule has 148 valence electrons. The van der Waals surface area contributed by atoms with Crippen LogP contribution >= 0.6 is 0 Å². The lowest BCUT2D eigenvalue weighted by atomic mass is 10.1. The summed E-state index contributed by atoms with van der Waals surface area (Å²) >= 11 is 0. The number of benzene rings is 1. The standard InChI is InChI=1S/C18H19N5O4S.H2/c1-10(2)28(25,26)14-7-5-13(6-8-14)15-9-19-11(3)16(21-15)17-22-23-18(27-17)20-12(4)24;/h5-10H,1-4H3,(H,20,23,24);1H. The number of hydrogen-bond donors (Lipinski definition) is 1. The molecule has 0 aliphatic rings. The van der Waals surface area contributed by atoms with Crippen LogP contribution in [0.4, 0.5) is 6.01 Å². The summed E-state index contributed by atoms with van der Waals surface area (Å²) in [6.07, 6.45) is 1.58. The Morgan fingerprint density at radius 3 is 2.46 bits per heavy atom. The van der Waals surface area contributed by atoms with Gasteiger partial charge in [-0.05, 0) is 32.9 Å². The molecule has 0 aliphatic heterocycles. The number of carbonyl (C=O) groups is 1. The Balaban J connectivity index is 0.00000300. The Morgan fingerprint density at radius 2 is 1.86 bits per heavy atom. The molecule has 3 aromatic rings. The SMILES string of the molecule is CC(=O)Nc1nnc(-c2nc(-c3ccc(S(=O)(=O)C(C)C)cc3)cnc2C)o1.[HH]. The monoisotopic (exact) mass is 403 g/mol. The van der Waals surface area contributed by atoms with Crippen molar-refractivity contribution >= 4 is 21.8 Å². The van der Waals surface area contributed by atoms with Gasteiger partial charge in [-0.1, -0.05) is 17.2 Å². The second kappa shape index (κ2) is 7.47. The van der Waals surface area contributed by atoms with Gasteiger partial charge in [0.15, 0.2) is 9.84 Å². The zero-order valence-electron chi connectivity index (χ0n) is 15.8. The molecule has 1 N–H and O–H groups in total. The summed E-state index contributed by atoms with van der Waals surface area (Å²) in [4.78, 5) is 20.2. The molecule has 9 nitrogen and oxygen atoms in total. The predicted octanol–water partition coefficient (Wildman–Crippen LogP) is 2.89. The molecular formula is C18H21N5O4S. The zero-order valence-corrected chi connectivity index (χ0v) is 16.6. The van der Waals surface area contributed by atoms with Gasteiger partial charge in [0, 0.05) is 13.9 Å². The van der Waals surface area contributed by atoms with Crippen molar-refractivity contribution in [3.05, 3.63) is 36.2 Å². The highest BCUT2D eigenvalue weighted by molar-refractivity contribution is 7.92. The molecule has 1 aromatic carbocycles. The number of rotatable bonds is 5. The van der Waals surface area contributed by atoms with E-state index in [1.807, 2.05) is 0 Å². The van der Waals surface area contributed by atoms with Crippen molar-refractivity contribution in [2.24, 2.45) is 0 Å². The summed E-state index contributed by atoms with van der Waals surface area (Å²) in [6, 6.07) is 6.42. The van der Waals surface area contributed by atoms with Crippen LogP contribution in [0.3, 0.4) is 0 Å². The van der Waals surface area contributed by atoms with Crippen LogP contribution in [0.1, 0.15) is 27.9 Å². The van der Waals surface area contributed by atoms with Gasteiger partial charge in [0.1, 0.15) is 5.69 Å². The lowest BCUT2D eigenvalue weighted by Crippen LogP contribution is -2.13. The molecule has 2 heterocycles. The minimum Gasteiger partial charge on any atom is -0.401 e. The summed E-state index contributed by atoms with van der Waals surface area (Å²) in [5, 5.41) is 9.54. The van der Waals surface area contributed by atoms with Crippen molar-refractivity contribution in [1.29, 1.82) is 0 Å². The lowest BCUT2D eigenvalue weighted by molar-refractivity contribution is -0.114. The minimum atomic E-state index is -3.34. The van der Waals surface area contributed by atoms with Crippen molar-refractivity contribution in [3.8, 4) is 22.8 Å². The van der Waals surface area contributed by atoms with Crippen LogP contribution in [0.25, 0.3) is 22.8 Å². The quantitative estimate of drug-likeness (QED) is 0.689. The first kappa shape index (κ1) is 19.6. The average molecular weight is 403 g/mol. The molecule has 28 heavy (non-hydrogen) atoms. The number of sulfone groups is 1. The molecule has 0 fully saturated rings. The number of amides is 1. The normalized spacial score (nSPS) is 11.6. The molecule has 0 saturated carbocycles. The van der Waals surface area contributed by atoms with Crippen molar-refractivity contribution in [2.45, 2.75) is 37.8 Å². The van der Waals surface area contributed by atoms with Gasteiger partial charge in [-0.25, -0.2) is 13.4 Å². The fourth-order valence-electron chi connectivity index (χ4n) is 2.40. The largest absolute Gasteiger partial charge is 0.401 e. The first-order valence-corrected chi connectivity index (χ1v) is 10.0. The number of aromatic nitrogens is 4. The lowest BCUT2D eigenvalue weighted by Gasteiger charge is -2.09. The molecule has 0 saturated heterocycles. The first-order chi connectivity index (χ1) is 13.2. The summed E-state index contributed by atoms with van der Waals surface area (Å²) in [7, 11) is -3.34. The summed E-state index contributed by atoms with van der Waals surface area (Å²) in [5.41, 5.74) is 2.16. The second-order valence-electron chi connectivity index (χ2n) is 6.40. The average Bonchev–Trinajstić information content (AvgIpc) is 3.09. The maximum absolute atomic E-state index is 12.3. The van der Waals surface area contributed by atoms with Crippen LogP contribution in [0.2, 0.25) is 0 Å². The second-order valence-corrected chi connectivity index (χ2v) is 8.91. The molecule has 0 atom stereocenters. The number of hydrogen-bond acceptors (Lipinski definition) is 8. The molecule has 0 radical (unpaired) electrons. The van der Waals surface area contributed by atoms with E-state index in [0.717, 1.165) is 0 Å². The fraction of sp³-hybridized carbons (Fsp3) is 0.278. The number of aryl methyl sites for hydroxylation is 1. The van der Waals surface area contributed by atoms with E-state index in [1.54, 1.807) is 51.2 Å². The van der Waals surface area contributed by atoms with Gasteiger partial charge in [-0.15, -0.1) is 5.10 Å². The van der Waals surface area contributed by atoms with Gasteiger partial charge < -0.3 is 4.42 Å². The van der Waals surface area contributed by atoms with Gasteiger partial charge >= 0.3 is 6.01 Å². The Hall–Kier alpha value is -3.14. The fourth-order valence-corrected chi connectivity index (χ4v) is 3.46. The van der Waals surface area contributed by atoms with E-state index < -0.39 is 15.1 Å². The van der Waals surface area contributed by atoms with Crippen molar-refractivity contribution in [2.75, 3.05) is 5.32 Å². The van der Waals surface area contributed by atoms with E-state index in [4.69, 9.17) is 4.42 Å². The van der Waals surface area contributed by atoms with Crippen LogP contribution in [0.5, 0.6) is 0 Å². The highest BCUT2D eigenvalue weighted by Gasteiger charge is 2.20. The van der Waals surface area contributed by atoms with E-state index in [0.29, 0.717) is 22.6 Å². The van der Waals surface area contributed by atoms with Crippen LogP contribution < -0.4 is 5.32 Å². The smallest absolute Gasteiger partial charge is 0.322 e. The van der Waals surface area contributed by atoms with Gasteiger partial charge in [-0.2, -0.15) is 0 Å². The third kappa shape index (κ3) is 3.91. The maximum Gasteiger partial charge on any atom is 0.322 e. The van der Waals surface area contributed by atoms with Crippen LogP contribution in [-0.4, -0.2) is 39.7 Å². The number of carbonyl (C=O) groups excluding carboxylic acids is 1. The highest BCUT2D eigenvalue weighted by Crippen LogP contribution is 2.26. The maximum atomic E-state index is 12.3. The summed E-state index contributed by atoms with van der Waals surface area (Å²) < 4.78 is 29.9. The van der Waals surface area contributed by atoms with Crippen molar-refractivity contribution < 1.29 is 19.1 Å². The number of nitrogens with one attached hydrogen (secondary N) is 1. The van der Waals surface area contributed by atoms with E-state index >= 15 is 0 Å². The highest BCUT2D eigenvalue weighted by atomic mass is 32.2. The van der Waals surface area contributed by atoms with Crippen LogP contribution in [0, 0.1) is 6.92 Å². The molecular weight excluding hydrogens is 382 g/mol. The number of nitrogens with zero attached hydrogens (tertiary/aromatic N) is 4. The van der Waals surface area contributed by atoms with Crippen LogP contribution in [-0.2, 0) is 14.6 Å². The molecule has 0 aliphatic carbocycles. The van der Waals surface area contributed by atoms with E-state index in [-0.39, 0.29) is 24.1 Å². The van der Waals surface area contributed by atoms with E-state index in [2.05, 4.69) is 25.5 Å². The Bertz CT molecular complexity index is 1130. The van der Waals surface area contributed by atoms with Gasteiger partial charge in [0.05, 0.1) is 27.7 Å². The van der Waals surface area contributed by atoms with Crippen molar-refractivity contribution in [1.82, 2.24) is 20.2 Å². The predicted molar refractivity (Wildman–Crippen MR) is 104 cm³/mol. The van der Waals surface area contributed by atoms with Crippen molar-refractivity contribution in [3.63, 3.8) is 0 Å². The van der Waals surface area contributed by atoms with Gasteiger partial charge in [-0.3, -0.25) is 15.1 Å². The Morgan fingerprint density at radius 1 is 1.18 bits per heavy atom. The molecule has 0 spiro atoms. The van der Waals surface area contributed by atoms with Gasteiger partial charge in [0.25, 0.3) is 5.89 Å². The van der Waals surface area contributed by atoms with E-state index in [1.165, 1.54) is 6.92 Å². The Kier molecular flexibility index (Phi) is 5.23. The molecule has 2 aromatic heterocycles. The molecule has 3 rings (SSSR count). The minimum absolute atomic E-state index is 0. The third-order valence-electron chi connectivity index (χ3n) is 3.97.